The summed E-state index contributed by atoms with van der Waals surface area (Å²) in [5.41, 5.74) is 1.99. The minimum Gasteiger partial charge on any atom is -0.296 e. The second kappa shape index (κ2) is 5.76. The van der Waals surface area contributed by atoms with E-state index in [1.54, 1.807) is 11.6 Å². The van der Waals surface area contributed by atoms with E-state index in [9.17, 15) is 9.59 Å². The highest BCUT2D eigenvalue weighted by Gasteiger charge is 2.28. The first-order valence-corrected chi connectivity index (χ1v) is 8.56. The van der Waals surface area contributed by atoms with Gasteiger partial charge < -0.3 is 0 Å². The van der Waals surface area contributed by atoms with Gasteiger partial charge in [-0.2, -0.15) is 10.1 Å². The number of azo groups is 1. The molecule has 0 radical (unpaired) electrons. The van der Waals surface area contributed by atoms with Crippen LogP contribution in [0.5, 0.6) is 0 Å². The summed E-state index contributed by atoms with van der Waals surface area (Å²) in [6, 6.07) is 7.65. The first-order valence-electron chi connectivity index (χ1n) is 8.56. The zero-order valence-corrected chi connectivity index (χ0v) is 15.2. The Balaban J connectivity index is 2.00. The lowest BCUT2D eigenvalue weighted by atomic mass is 10.1. The Morgan fingerprint density at radius 1 is 1.19 bits per heavy atom. The van der Waals surface area contributed by atoms with Gasteiger partial charge in [-0.3, -0.25) is 18.5 Å². The van der Waals surface area contributed by atoms with Gasteiger partial charge in [0.15, 0.2) is 11.2 Å². The number of rotatable bonds is 2. The van der Waals surface area contributed by atoms with Crippen LogP contribution in [0, 0.1) is 6.92 Å². The van der Waals surface area contributed by atoms with E-state index in [1.807, 2.05) is 45.0 Å². The Morgan fingerprint density at radius 2 is 1.96 bits per heavy atom. The molecule has 0 saturated heterocycles. The molecule has 0 spiro atoms. The zero-order chi connectivity index (χ0) is 18.6. The minimum absolute atomic E-state index is 0.0647. The zero-order valence-electron chi connectivity index (χ0n) is 15.2. The van der Waals surface area contributed by atoms with E-state index in [4.69, 9.17) is 0 Å². The second-order valence-corrected chi connectivity index (χ2v) is 6.87. The van der Waals surface area contributed by atoms with Crippen LogP contribution in [0.25, 0.3) is 11.2 Å². The van der Waals surface area contributed by atoms with Crippen molar-refractivity contribution in [1.29, 1.82) is 0 Å². The van der Waals surface area contributed by atoms with Gasteiger partial charge in [0.05, 0.1) is 18.6 Å². The summed E-state index contributed by atoms with van der Waals surface area (Å²) in [6.45, 7) is 6.11. The number of nitrogens with zero attached hydrogens (tertiary/aromatic N) is 6. The normalized spacial score (nSPS) is 19.1. The van der Waals surface area contributed by atoms with Crippen LogP contribution in [0.1, 0.15) is 31.0 Å². The smallest absolute Gasteiger partial charge is 0.296 e. The predicted molar refractivity (Wildman–Crippen MR) is 98.2 cm³/mol. The van der Waals surface area contributed by atoms with Crippen LogP contribution in [-0.4, -0.2) is 24.7 Å². The quantitative estimate of drug-likeness (QED) is 0.709. The Labute approximate surface area is 149 Å². The summed E-state index contributed by atoms with van der Waals surface area (Å²) in [4.78, 5) is 30.3. The number of aryl methyl sites for hydroxylation is 2. The molecule has 2 aromatic heterocycles. The Hall–Kier alpha value is -3.03. The Morgan fingerprint density at radius 3 is 2.69 bits per heavy atom. The van der Waals surface area contributed by atoms with Gasteiger partial charge in [0.2, 0.25) is 0 Å². The SMILES string of the molecule is Cc1cccc(Cn2c(=O)c3c(nc4n3C(C)C(C)N=N4)n(C)c2=O)c1. The van der Waals surface area contributed by atoms with Crippen LogP contribution < -0.4 is 11.2 Å². The highest BCUT2D eigenvalue weighted by Crippen LogP contribution is 2.31. The van der Waals surface area contributed by atoms with Crippen LogP contribution in [-0.2, 0) is 13.6 Å². The molecular formula is C18H20N6O2. The average Bonchev–Trinajstić information content (AvgIpc) is 3.01. The fourth-order valence-electron chi connectivity index (χ4n) is 3.37. The molecule has 26 heavy (non-hydrogen) atoms. The predicted octanol–water partition coefficient (Wildman–Crippen LogP) is 2.30. The van der Waals surface area contributed by atoms with Crippen LogP contribution in [0.2, 0.25) is 0 Å². The molecule has 0 N–H and O–H groups in total. The molecule has 2 unspecified atom stereocenters. The Bertz CT molecular complexity index is 1170. The van der Waals surface area contributed by atoms with Crippen LogP contribution in [0.15, 0.2) is 44.1 Å². The molecule has 3 aromatic rings. The van der Waals surface area contributed by atoms with E-state index < -0.39 is 5.69 Å². The van der Waals surface area contributed by atoms with Crippen molar-refractivity contribution in [3.05, 3.63) is 56.2 Å². The maximum absolute atomic E-state index is 13.2. The average molecular weight is 352 g/mol. The van der Waals surface area contributed by atoms with Crippen molar-refractivity contribution < 1.29 is 0 Å². The van der Waals surface area contributed by atoms with E-state index in [-0.39, 0.29) is 24.2 Å². The Kier molecular flexibility index (Phi) is 3.64. The molecule has 1 aromatic carbocycles. The van der Waals surface area contributed by atoms with Gasteiger partial charge in [0, 0.05) is 7.05 Å². The van der Waals surface area contributed by atoms with Crippen molar-refractivity contribution >= 4 is 17.1 Å². The van der Waals surface area contributed by atoms with Crippen molar-refractivity contribution in [1.82, 2.24) is 18.7 Å². The summed E-state index contributed by atoms with van der Waals surface area (Å²) in [5, 5.41) is 8.29. The maximum Gasteiger partial charge on any atom is 0.332 e. The fourth-order valence-corrected chi connectivity index (χ4v) is 3.37. The largest absolute Gasteiger partial charge is 0.332 e. The summed E-state index contributed by atoms with van der Waals surface area (Å²) in [7, 11) is 1.63. The van der Waals surface area contributed by atoms with Crippen molar-refractivity contribution in [3.8, 4) is 0 Å². The van der Waals surface area contributed by atoms with E-state index in [0.717, 1.165) is 11.1 Å². The summed E-state index contributed by atoms with van der Waals surface area (Å²) in [6.07, 6.45) is 0. The van der Waals surface area contributed by atoms with Gasteiger partial charge in [-0.25, -0.2) is 4.79 Å². The first-order chi connectivity index (χ1) is 12.4. The molecule has 0 amide bonds. The molecule has 0 fully saturated rings. The molecule has 4 rings (SSSR count). The molecule has 8 heteroatoms. The lowest BCUT2D eigenvalue weighted by Crippen LogP contribution is -2.40. The maximum atomic E-state index is 13.2. The van der Waals surface area contributed by atoms with Crippen LogP contribution >= 0.6 is 0 Å². The number of fused-ring (bicyclic) bond motifs is 3. The second-order valence-electron chi connectivity index (χ2n) is 6.87. The highest BCUT2D eigenvalue weighted by atomic mass is 16.2. The molecule has 1 aliphatic rings. The van der Waals surface area contributed by atoms with Crippen molar-refractivity contribution in [2.45, 2.75) is 39.4 Å². The van der Waals surface area contributed by atoms with Crippen LogP contribution in [0.4, 0.5) is 5.95 Å². The topological polar surface area (TPSA) is 86.5 Å². The molecule has 3 heterocycles. The first kappa shape index (κ1) is 16.4. The molecule has 8 nitrogen and oxygen atoms in total. The van der Waals surface area contributed by atoms with Gasteiger partial charge in [0.1, 0.15) is 0 Å². The number of hydrogen-bond donors (Lipinski definition) is 0. The van der Waals surface area contributed by atoms with Gasteiger partial charge in [-0.1, -0.05) is 29.8 Å². The monoisotopic (exact) mass is 352 g/mol. The molecule has 0 aliphatic carbocycles. The minimum atomic E-state index is -0.392. The van der Waals surface area contributed by atoms with Gasteiger partial charge in [-0.15, -0.1) is 5.11 Å². The summed E-state index contributed by atoms with van der Waals surface area (Å²) in [5.74, 6) is 0.367. The summed E-state index contributed by atoms with van der Waals surface area (Å²) >= 11 is 0. The van der Waals surface area contributed by atoms with Gasteiger partial charge in [-0.05, 0) is 26.3 Å². The van der Waals surface area contributed by atoms with Gasteiger partial charge in [0.25, 0.3) is 11.5 Å². The van der Waals surface area contributed by atoms with E-state index in [2.05, 4.69) is 15.2 Å². The summed E-state index contributed by atoms with van der Waals surface area (Å²) < 4.78 is 4.46. The number of imidazole rings is 1. The third kappa shape index (κ3) is 2.33. The molecule has 2 atom stereocenters. The molecular weight excluding hydrogens is 332 g/mol. The van der Waals surface area contributed by atoms with E-state index in [1.165, 1.54) is 9.13 Å². The third-order valence-electron chi connectivity index (χ3n) is 5.02. The number of hydrogen-bond acceptors (Lipinski definition) is 5. The van der Waals surface area contributed by atoms with Crippen molar-refractivity contribution in [2.75, 3.05) is 0 Å². The van der Waals surface area contributed by atoms with Gasteiger partial charge >= 0.3 is 5.69 Å². The lowest BCUT2D eigenvalue weighted by Gasteiger charge is -2.22. The fraction of sp³-hybridized carbons (Fsp3) is 0.389. The van der Waals surface area contributed by atoms with E-state index >= 15 is 0 Å². The number of aromatic nitrogens is 4. The van der Waals surface area contributed by atoms with E-state index in [0.29, 0.717) is 17.1 Å². The highest BCUT2D eigenvalue weighted by molar-refractivity contribution is 5.74. The van der Waals surface area contributed by atoms with Crippen LogP contribution in [0.3, 0.4) is 0 Å². The van der Waals surface area contributed by atoms with Crippen molar-refractivity contribution in [3.63, 3.8) is 0 Å². The van der Waals surface area contributed by atoms with Crippen molar-refractivity contribution in [2.24, 2.45) is 17.3 Å². The molecule has 1 aliphatic heterocycles. The lowest BCUT2D eigenvalue weighted by molar-refractivity contribution is 0.440. The molecule has 0 bridgehead atoms. The molecule has 134 valence electrons. The third-order valence-corrected chi connectivity index (χ3v) is 5.02. The standard InChI is InChI=1S/C18H20N6O2/c1-10-6-5-7-13(8-10)9-23-16(25)14-15(22(4)18(23)26)19-17-21-20-11(2)12(3)24(14)17/h5-8,11-12H,9H2,1-4H3. The number of benzene rings is 1. The molecule has 0 saturated carbocycles.